The standard InChI is InChI=1S/C23H31ClN2O4S/c1-3-18(27)14-25(11-12-29-2)15-23(28)26-10-8-22-20(9-13-31-22)21(26)16-30-19-6-4-17(24)5-7-19/h4-7,9,13,18,21,27H,3,8,10-12,14-16H2,1-2H3/t18-,21-/m1/s1. The summed E-state index contributed by atoms with van der Waals surface area (Å²) in [6.45, 7) is 4.80. The lowest BCUT2D eigenvalue weighted by Gasteiger charge is -2.37. The van der Waals surface area contributed by atoms with Crippen molar-refractivity contribution in [3.05, 3.63) is 51.2 Å². The monoisotopic (exact) mass is 466 g/mol. The Morgan fingerprint density at radius 3 is 2.84 bits per heavy atom. The van der Waals surface area contributed by atoms with E-state index in [1.165, 1.54) is 4.88 Å². The normalized spacial score (nSPS) is 16.9. The predicted molar refractivity (Wildman–Crippen MR) is 124 cm³/mol. The van der Waals surface area contributed by atoms with E-state index in [1.807, 2.05) is 28.9 Å². The maximum absolute atomic E-state index is 13.3. The zero-order valence-corrected chi connectivity index (χ0v) is 19.7. The number of carbonyl (C=O) groups is 1. The maximum atomic E-state index is 13.3. The van der Waals surface area contributed by atoms with Crippen molar-refractivity contribution >= 4 is 28.8 Å². The number of fused-ring (bicyclic) bond motifs is 1. The molecule has 31 heavy (non-hydrogen) atoms. The highest BCUT2D eigenvalue weighted by Gasteiger charge is 2.33. The second-order valence-corrected chi connectivity index (χ2v) is 9.14. The van der Waals surface area contributed by atoms with Crippen LogP contribution in [0.3, 0.4) is 0 Å². The third-order valence-electron chi connectivity index (χ3n) is 5.55. The van der Waals surface area contributed by atoms with Crippen LogP contribution in [0.2, 0.25) is 5.02 Å². The van der Waals surface area contributed by atoms with E-state index >= 15 is 0 Å². The van der Waals surface area contributed by atoms with Gasteiger partial charge in [0.25, 0.3) is 0 Å². The Morgan fingerprint density at radius 1 is 1.35 bits per heavy atom. The fourth-order valence-electron chi connectivity index (χ4n) is 3.75. The molecular weight excluding hydrogens is 436 g/mol. The van der Waals surface area contributed by atoms with Gasteiger partial charge in [0.15, 0.2) is 0 Å². The average molecular weight is 467 g/mol. The molecule has 2 aromatic rings. The van der Waals surface area contributed by atoms with E-state index in [2.05, 4.69) is 11.4 Å². The second kappa shape index (κ2) is 11.8. The molecule has 0 radical (unpaired) electrons. The Labute approximate surface area is 193 Å². The van der Waals surface area contributed by atoms with Crippen LogP contribution in [0.15, 0.2) is 35.7 Å². The Hall–Kier alpha value is -1.64. The zero-order valence-electron chi connectivity index (χ0n) is 18.1. The highest BCUT2D eigenvalue weighted by Crippen LogP contribution is 2.34. The average Bonchev–Trinajstić information content (AvgIpc) is 3.25. The van der Waals surface area contributed by atoms with Gasteiger partial charge in [-0.1, -0.05) is 18.5 Å². The molecule has 2 heterocycles. The molecule has 170 valence electrons. The fraction of sp³-hybridized carbons (Fsp3) is 0.522. The fourth-order valence-corrected chi connectivity index (χ4v) is 4.80. The molecule has 1 aromatic carbocycles. The van der Waals surface area contributed by atoms with Gasteiger partial charge in [-0.15, -0.1) is 11.3 Å². The minimum atomic E-state index is -0.460. The van der Waals surface area contributed by atoms with Crippen LogP contribution in [0.5, 0.6) is 5.75 Å². The molecule has 0 fully saturated rings. The van der Waals surface area contributed by atoms with Gasteiger partial charge in [0, 0.05) is 36.6 Å². The lowest BCUT2D eigenvalue weighted by Crippen LogP contribution is -2.48. The number of hydrogen-bond acceptors (Lipinski definition) is 6. The van der Waals surface area contributed by atoms with Crippen LogP contribution in [0.4, 0.5) is 0 Å². The van der Waals surface area contributed by atoms with Gasteiger partial charge in [0.2, 0.25) is 5.91 Å². The topological polar surface area (TPSA) is 62.2 Å². The number of halogens is 1. The summed E-state index contributed by atoms with van der Waals surface area (Å²) in [4.78, 5) is 18.5. The summed E-state index contributed by atoms with van der Waals surface area (Å²) in [7, 11) is 1.64. The number of thiophene rings is 1. The molecule has 1 amide bonds. The Bertz CT molecular complexity index is 829. The van der Waals surface area contributed by atoms with Crippen molar-refractivity contribution in [2.24, 2.45) is 0 Å². The number of aliphatic hydroxyl groups excluding tert-OH is 1. The van der Waals surface area contributed by atoms with Gasteiger partial charge in [-0.05, 0) is 54.1 Å². The number of rotatable bonds is 11. The van der Waals surface area contributed by atoms with Crippen molar-refractivity contribution in [3.8, 4) is 5.75 Å². The molecule has 0 saturated heterocycles. The van der Waals surface area contributed by atoms with Crippen molar-refractivity contribution in [2.45, 2.75) is 31.9 Å². The summed E-state index contributed by atoms with van der Waals surface area (Å²) < 4.78 is 11.2. The molecular formula is C23H31ClN2O4S. The number of benzene rings is 1. The maximum Gasteiger partial charge on any atom is 0.237 e. The molecule has 1 aliphatic rings. The van der Waals surface area contributed by atoms with E-state index < -0.39 is 6.10 Å². The number of carbonyl (C=O) groups excluding carboxylic acids is 1. The highest BCUT2D eigenvalue weighted by atomic mass is 35.5. The van der Waals surface area contributed by atoms with Crippen LogP contribution < -0.4 is 4.74 Å². The molecule has 1 aliphatic heterocycles. The van der Waals surface area contributed by atoms with Gasteiger partial charge in [0.1, 0.15) is 12.4 Å². The first-order valence-electron chi connectivity index (χ1n) is 10.6. The number of ether oxygens (including phenoxy) is 2. The van der Waals surface area contributed by atoms with Crippen LogP contribution in [-0.2, 0) is 16.0 Å². The molecule has 0 aliphatic carbocycles. The first-order valence-corrected chi connectivity index (χ1v) is 11.9. The minimum Gasteiger partial charge on any atom is -0.491 e. The van der Waals surface area contributed by atoms with Gasteiger partial charge < -0.3 is 19.5 Å². The van der Waals surface area contributed by atoms with Gasteiger partial charge in [-0.2, -0.15) is 0 Å². The summed E-state index contributed by atoms with van der Waals surface area (Å²) in [5, 5.41) is 12.8. The largest absolute Gasteiger partial charge is 0.491 e. The predicted octanol–water partition coefficient (Wildman–Crippen LogP) is 3.63. The lowest BCUT2D eigenvalue weighted by molar-refractivity contribution is -0.136. The third-order valence-corrected chi connectivity index (χ3v) is 6.80. The van der Waals surface area contributed by atoms with Crippen molar-refractivity contribution in [2.75, 3.05) is 46.5 Å². The molecule has 0 unspecified atom stereocenters. The van der Waals surface area contributed by atoms with Crippen LogP contribution >= 0.6 is 22.9 Å². The number of nitrogens with zero attached hydrogens (tertiary/aromatic N) is 2. The van der Waals surface area contributed by atoms with Crippen LogP contribution in [0, 0.1) is 0 Å². The smallest absolute Gasteiger partial charge is 0.237 e. The lowest BCUT2D eigenvalue weighted by atomic mass is 10.0. The minimum absolute atomic E-state index is 0.0426. The molecule has 1 N–H and O–H groups in total. The molecule has 0 bridgehead atoms. The number of amides is 1. The summed E-state index contributed by atoms with van der Waals surface area (Å²) in [5.74, 6) is 0.771. The first kappa shape index (κ1) is 24.0. The van der Waals surface area contributed by atoms with E-state index in [0.29, 0.717) is 44.3 Å². The van der Waals surface area contributed by atoms with Crippen molar-refractivity contribution in [3.63, 3.8) is 0 Å². The molecule has 6 nitrogen and oxygen atoms in total. The molecule has 8 heteroatoms. The summed E-state index contributed by atoms with van der Waals surface area (Å²) in [6.07, 6.45) is 1.04. The highest BCUT2D eigenvalue weighted by molar-refractivity contribution is 7.10. The summed E-state index contributed by atoms with van der Waals surface area (Å²) in [5.41, 5.74) is 1.16. The molecule has 0 saturated carbocycles. The Morgan fingerprint density at radius 2 is 2.13 bits per heavy atom. The quantitative estimate of drug-likeness (QED) is 0.548. The SMILES string of the molecule is CC[C@@H](O)CN(CCOC)CC(=O)N1CCc2sccc2[C@H]1COc1ccc(Cl)cc1. The van der Waals surface area contributed by atoms with Gasteiger partial charge in [0.05, 0.1) is 25.3 Å². The molecule has 1 aromatic heterocycles. The van der Waals surface area contributed by atoms with Gasteiger partial charge >= 0.3 is 0 Å². The van der Waals surface area contributed by atoms with Crippen LogP contribution in [0.1, 0.15) is 29.8 Å². The summed E-state index contributed by atoms with van der Waals surface area (Å²) >= 11 is 7.70. The number of aliphatic hydroxyl groups is 1. The first-order chi connectivity index (χ1) is 15.0. The van der Waals surface area contributed by atoms with Gasteiger partial charge in [-0.3, -0.25) is 9.69 Å². The zero-order chi connectivity index (χ0) is 22.2. The number of methoxy groups -OCH3 is 1. The van der Waals surface area contributed by atoms with Crippen molar-refractivity contribution < 1.29 is 19.4 Å². The van der Waals surface area contributed by atoms with E-state index in [-0.39, 0.29) is 18.5 Å². The Balaban J connectivity index is 1.71. The van der Waals surface area contributed by atoms with Crippen LogP contribution in [0.25, 0.3) is 0 Å². The van der Waals surface area contributed by atoms with E-state index in [4.69, 9.17) is 21.1 Å². The molecule has 3 rings (SSSR count). The van der Waals surface area contributed by atoms with Crippen molar-refractivity contribution in [1.82, 2.24) is 9.80 Å². The summed E-state index contributed by atoms with van der Waals surface area (Å²) in [6, 6.07) is 9.22. The Kier molecular flexibility index (Phi) is 9.16. The third kappa shape index (κ3) is 6.67. The van der Waals surface area contributed by atoms with E-state index in [9.17, 15) is 9.90 Å². The number of hydrogen-bond donors (Lipinski definition) is 1. The molecule has 2 atom stereocenters. The second-order valence-electron chi connectivity index (χ2n) is 7.71. The van der Waals surface area contributed by atoms with E-state index in [1.54, 1.807) is 30.6 Å². The van der Waals surface area contributed by atoms with Crippen LogP contribution in [-0.4, -0.2) is 73.4 Å². The van der Waals surface area contributed by atoms with E-state index in [0.717, 1.165) is 17.7 Å². The van der Waals surface area contributed by atoms with Gasteiger partial charge in [-0.25, -0.2) is 0 Å². The molecule has 0 spiro atoms. The van der Waals surface area contributed by atoms with Crippen molar-refractivity contribution in [1.29, 1.82) is 0 Å².